The number of anilines is 1. The first-order chi connectivity index (χ1) is 13.1. The molecule has 9 heteroatoms. The molecule has 0 fully saturated rings. The highest BCUT2D eigenvalue weighted by Gasteiger charge is 2.11. The lowest BCUT2D eigenvalue weighted by Crippen LogP contribution is -2.40. The van der Waals surface area contributed by atoms with E-state index in [0.717, 1.165) is 10.6 Å². The summed E-state index contributed by atoms with van der Waals surface area (Å²) in [6.07, 6.45) is 3.10. The Labute approximate surface area is 158 Å². The predicted octanol–water partition coefficient (Wildman–Crippen LogP) is 1.89. The average Bonchev–Trinajstić information content (AvgIpc) is 3.39. The van der Waals surface area contributed by atoms with Crippen LogP contribution >= 0.6 is 11.3 Å². The van der Waals surface area contributed by atoms with Crippen LogP contribution in [0.2, 0.25) is 0 Å². The number of nitrogens with one attached hydrogen (secondary N) is 3. The number of rotatable bonds is 7. The second-order valence-corrected chi connectivity index (χ2v) is 6.29. The van der Waals surface area contributed by atoms with E-state index < -0.39 is 11.8 Å². The number of carbonyl (C=O) groups excluding carboxylic acids is 3. The van der Waals surface area contributed by atoms with Crippen molar-refractivity contribution in [1.82, 2.24) is 15.6 Å². The number of furan rings is 1. The molecule has 0 aliphatic rings. The van der Waals surface area contributed by atoms with Gasteiger partial charge in [0.2, 0.25) is 11.8 Å². The fourth-order valence-corrected chi connectivity index (χ4v) is 2.81. The minimum absolute atomic E-state index is 0.113. The number of benzene rings is 1. The van der Waals surface area contributed by atoms with Crippen LogP contribution in [-0.4, -0.2) is 35.8 Å². The van der Waals surface area contributed by atoms with Gasteiger partial charge in [-0.25, -0.2) is 4.98 Å². The van der Waals surface area contributed by atoms with E-state index in [9.17, 15) is 14.4 Å². The van der Waals surface area contributed by atoms with Crippen molar-refractivity contribution in [3.63, 3.8) is 0 Å². The molecule has 2 aromatic heterocycles. The second kappa shape index (κ2) is 8.77. The fourth-order valence-electron chi connectivity index (χ4n) is 2.16. The third kappa shape index (κ3) is 5.25. The molecule has 0 aliphatic heterocycles. The number of hydrogen-bond donors (Lipinski definition) is 3. The van der Waals surface area contributed by atoms with Gasteiger partial charge in [0.05, 0.1) is 19.4 Å². The SMILES string of the molecule is O=C(CNC(=O)c1ccco1)NCC(=O)Nc1ccc(-c2nccs2)cc1. The number of aromatic nitrogens is 1. The third-order valence-electron chi connectivity index (χ3n) is 3.45. The van der Waals surface area contributed by atoms with Crippen molar-refractivity contribution in [3.8, 4) is 10.6 Å². The summed E-state index contributed by atoms with van der Waals surface area (Å²) in [6.45, 7) is -0.459. The molecular formula is C18H16N4O4S. The molecule has 0 atom stereocenters. The summed E-state index contributed by atoms with van der Waals surface area (Å²) in [5.74, 6) is -1.24. The van der Waals surface area contributed by atoms with Gasteiger partial charge >= 0.3 is 0 Å². The normalized spacial score (nSPS) is 10.2. The van der Waals surface area contributed by atoms with E-state index in [4.69, 9.17) is 4.42 Å². The number of carbonyl (C=O) groups is 3. The summed E-state index contributed by atoms with van der Waals surface area (Å²) < 4.78 is 4.91. The van der Waals surface area contributed by atoms with Gasteiger partial charge in [0.15, 0.2) is 5.76 Å². The lowest BCUT2D eigenvalue weighted by molar-refractivity contribution is -0.123. The Morgan fingerprint density at radius 1 is 1.00 bits per heavy atom. The molecule has 1 aromatic carbocycles. The van der Waals surface area contributed by atoms with Crippen LogP contribution in [-0.2, 0) is 9.59 Å². The van der Waals surface area contributed by atoms with Crippen LogP contribution in [0.3, 0.4) is 0 Å². The van der Waals surface area contributed by atoms with Gasteiger partial charge in [-0.15, -0.1) is 11.3 Å². The summed E-state index contributed by atoms with van der Waals surface area (Å²) in [5, 5.41) is 10.3. The molecular weight excluding hydrogens is 368 g/mol. The fraction of sp³-hybridized carbons (Fsp3) is 0.111. The molecule has 0 unspecified atom stereocenters. The maximum atomic E-state index is 11.9. The Kier molecular flexibility index (Phi) is 5.95. The minimum Gasteiger partial charge on any atom is -0.459 e. The van der Waals surface area contributed by atoms with E-state index in [1.54, 1.807) is 24.4 Å². The molecule has 0 aliphatic carbocycles. The highest BCUT2D eigenvalue weighted by atomic mass is 32.1. The van der Waals surface area contributed by atoms with Gasteiger partial charge in [0.1, 0.15) is 5.01 Å². The van der Waals surface area contributed by atoms with Crippen molar-refractivity contribution in [3.05, 3.63) is 60.0 Å². The van der Waals surface area contributed by atoms with Crippen LogP contribution in [0.4, 0.5) is 5.69 Å². The van der Waals surface area contributed by atoms with E-state index in [-0.39, 0.29) is 24.8 Å². The summed E-state index contributed by atoms with van der Waals surface area (Å²) in [5.41, 5.74) is 1.57. The van der Waals surface area contributed by atoms with Crippen LogP contribution in [0.5, 0.6) is 0 Å². The minimum atomic E-state index is -0.500. The van der Waals surface area contributed by atoms with E-state index in [1.807, 2.05) is 17.5 Å². The van der Waals surface area contributed by atoms with Gasteiger partial charge in [-0.3, -0.25) is 14.4 Å². The average molecular weight is 384 g/mol. The summed E-state index contributed by atoms with van der Waals surface area (Å²) in [4.78, 5) is 39.5. The molecule has 3 amide bonds. The highest BCUT2D eigenvalue weighted by Crippen LogP contribution is 2.23. The van der Waals surface area contributed by atoms with Gasteiger partial charge in [0.25, 0.3) is 5.91 Å². The van der Waals surface area contributed by atoms with Crippen molar-refractivity contribution in [1.29, 1.82) is 0 Å². The maximum Gasteiger partial charge on any atom is 0.287 e. The van der Waals surface area contributed by atoms with Crippen molar-refractivity contribution in [2.75, 3.05) is 18.4 Å². The first kappa shape index (κ1) is 18.3. The molecule has 3 aromatic rings. The molecule has 3 N–H and O–H groups in total. The molecule has 0 saturated heterocycles. The van der Waals surface area contributed by atoms with Crippen molar-refractivity contribution in [2.45, 2.75) is 0 Å². The quantitative estimate of drug-likeness (QED) is 0.576. The molecule has 0 radical (unpaired) electrons. The lowest BCUT2D eigenvalue weighted by atomic mass is 10.2. The molecule has 138 valence electrons. The zero-order valence-electron chi connectivity index (χ0n) is 14.1. The van der Waals surface area contributed by atoms with Gasteiger partial charge < -0.3 is 20.4 Å². The number of hydrogen-bond acceptors (Lipinski definition) is 6. The van der Waals surface area contributed by atoms with Crippen molar-refractivity contribution < 1.29 is 18.8 Å². The molecule has 0 saturated carbocycles. The second-order valence-electron chi connectivity index (χ2n) is 5.40. The van der Waals surface area contributed by atoms with Crippen LogP contribution in [0.1, 0.15) is 10.6 Å². The van der Waals surface area contributed by atoms with Crippen LogP contribution in [0.15, 0.2) is 58.7 Å². The van der Waals surface area contributed by atoms with Crippen molar-refractivity contribution in [2.24, 2.45) is 0 Å². The standard InChI is InChI=1S/C18H16N4O4S/c23-15(10-21-17(25)14-2-1-8-26-14)20-11-16(24)22-13-5-3-12(4-6-13)18-19-7-9-27-18/h1-9H,10-11H2,(H,20,23)(H,21,25)(H,22,24). The van der Waals surface area contributed by atoms with Gasteiger partial charge in [0, 0.05) is 22.8 Å². The molecule has 8 nitrogen and oxygen atoms in total. The van der Waals surface area contributed by atoms with Gasteiger partial charge in [-0.2, -0.15) is 0 Å². The van der Waals surface area contributed by atoms with Gasteiger partial charge in [-0.05, 0) is 36.4 Å². The summed E-state index contributed by atoms with van der Waals surface area (Å²) in [6, 6.07) is 10.3. The monoisotopic (exact) mass is 384 g/mol. The topological polar surface area (TPSA) is 113 Å². The van der Waals surface area contributed by atoms with E-state index in [2.05, 4.69) is 20.9 Å². The van der Waals surface area contributed by atoms with Crippen LogP contribution in [0.25, 0.3) is 10.6 Å². The van der Waals surface area contributed by atoms with E-state index in [0.29, 0.717) is 5.69 Å². The van der Waals surface area contributed by atoms with Gasteiger partial charge in [-0.1, -0.05) is 0 Å². The smallest absolute Gasteiger partial charge is 0.287 e. The molecule has 27 heavy (non-hydrogen) atoms. The summed E-state index contributed by atoms with van der Waals surface area (Å²) in [7, 11) is 0. The number of amides is 3. The Bertz CT molecular complexity index is 906. The first-order valence-electron chi connectivity index (χ1n) is 8.00. The highest BCUT2D eigenvalue weighted by molar-refractivity contribution is 7.13. The summed E-state index contributed by atoms with van der Waals surface area (Å²) >= 11 is 1.53. The van der Waals surface area contributed by atoms with Crippen molar-refractivity contribution >= 4 is 34.7 Å². The Morgan fingerprint density at radius 3 is 2.44 bits per heavy atom. The first-order valence-corrected chi connectivity index (χ1v) is 8.88. The maximum absolute atomic E-state index is 11.9. The molecule has 2 heterocycles. The Balaban J connectivity index is 1.40. The van der Waals surface area contributed by atoms with Crippen LogP contribution < -0.4 is 16.0 Å². The lowest BCUT2D eigenvalue weighted by Gasteiger charge is -2.08. The molecule has 0 spiro atoms. The van der Waals surface area contributed by atoms with E-state index in [1.165, 1.54) is 23.7 Å². The number of thiazole rings is 1. The molecule has 3 rings (SSSR count). The zero-order chi connectivity index (χ0) is 19.1. The van der Waals surface area contributed by atoms with Crippen LogP contribution in [0, 0.1) is 0 Å². The Hall–Kier alpha value is -3.46. The Morgan fingerprint density at radius 2 is 1.78 bits per heavy atom. The largest absolute Gasteiger partial charge is 0.459 e. The predicted molar refractivity (Wildman–Crippen MR) is 100 cm³/mol. The molecule has 0 bridgehead atoms. The number of nitrogens with zero attached hydrogens (tertiary/aromatic N) is 1. The van der Waals surface area contributed by atoms with E-state index >= 15 is 0 Å². The third-order valence-corrected chi connectivity index (χ3v) is 4.27. The zero-order valence-corrected chi connectivity index (χ0v) is 14.9.